The predicted molar refractivity (Wildman–Crippen MR) is 73.4 cm³/mol. The molecule has 0 atom stereocenters. The first kappa shape index (κ1) is 15.4. The maximum atomic E-state index is 12.1. The summed E-state index contributed by atoms with van der Waals surface area (Å²) in [5.41, 5.74) is 0. The summed E-state index contributed by atoms with van der Waals surface area (Å²) >= 11 is 0. The molecule has 1 saturated carbocycles. The predicted octanol–water partition coefficient (Wildman–Crippen LogP) is 1.34. The van der Waals surface area contributed by atoms with Crippen LogP contribution < -0.4 is 0 Å². The van der Waals surface area contributed by atoms with Crippen molar-refractivity contribution in [3.05, 3.63) is 0 Å². The van der Waals surface area contributed by atoms with E-state index in [1.165, 1.54) is 32.1 Å². The molecule has 1 aliphatic carbocycles. The molecule has 0 aliphatic heterocycles. The smallest absolute Gasteiger partial charge is 0.236 e. The van der Waals surface area contributed by atoms with Gasteiger partial charge in [0, 0.05) is 20.1 Å². The van der Waals surface area contributed by atoms with E-state index in [0.29, 0.717) is 19.0 Å². The van der Waals surface area contributed by atoms with Gasteiger partial charge < -0.3 is 10.0 Å². The Morgan fingerprint density at radius 2 is 1.94 bits per heavy atom. The Bertz CT molecular complexity index is 240. The van der Waals surface area contributed by atoms with Crippen LogP contribution >= 0.6 is 0 Å². The summed E-state index contributed by atoms with van der Waals surface area (Å²) in [7, 11) is 1.91. The number of aliphatic hydroxyl groups is 1. The molecule has 1 aliphatic rings. The number of hydrogen-bond donors (Lipinski definition) is 1. The van der Waals surface area contributed by atoms with Crippen LogP contribution in [0.3, 0.4) is 0 Å². The molecule has 0 aromatic heterocycles. The van der Waals surface area contributed by atoms with Crippen LogP contribution in [0.2, 0.25) is 0 Å². The Morgan fingerprint density at radius 1 is 1.28 bits per heavy atom. The Hall–Kier alpha value is -0.610. The summed E-state index contributed by atoms with van der Waals surface area (Å²) in [6.07, 6.45) is 6.53. The third-order valence-electron chi connectivity index (χ3n) is 3.90. The molecule has 4 heteroatoms. The molecular formula is C14H28N2O2. The van der Waals surface area contributed by atoms with E-state index in [4.69, 9.17) is 5.11 Å². The van der Waals surface area contributed by atoms with Crippen LogP contribution in [0.1, 0.15) is 39.0 Å². The number of carbonyl (C=O) groups excluding carboxylic acids is 1. The number of amides is 1. The van der Waals surface area contributed by atoms with Crippen molar-refractivity contribution in [3.63, 3.8) is 0 Å². The van der Waals surface area contributed by atoms with E-state index in [1.807, 2.05) is 23.8 Å². The summed E-state index contributed by atoms with van der Waals surface area (Å²) in [4.78, 5) is 15.9. The Balaban J connectivity index is 2.30. The lowest BCUT2D eigenvalue weighted by molar-refractivity contribution is -0.131. The largest absolute Gasteiger partial charge is 0.395 e. The third-order valence-corrected chi connectivity index (χ3v) is 3.90. The van der Waals surface area contributed by atoms with Gasteiger partial charge in [-0.3, -0.25) is 9.69 Å². The number of carbonyl (C=O) groups is 1. The van der Waals surface area contributed by atoms with Crippen LogP contribution in [0, 0.1) is 5.92 Å². The quantitative estimate of drug-likeness (QED) is 0.747. The van der Waals surface area contributed by atoms with Gasteiger partial charge in [0.05, 0.1) is 13.2 Å². The molecule has 4 nitrogen and oxygen atoms in total. The lowest BCUT2D eigenvalue weighted by Crippen LogP contribution is -2.41. The van der Waals surface area contributed by atoms with Gasteiger partial charge in [-0.1, -0.05) is 26.2 Å². The SMILES string of the molecule is CCN(CCO)CC(=O)N(C)CC1CCCCC1. The molecule has 0 heterocycles. The zero-order valence-corrected chi connectivity index (χ0v) is 11.9. The fraction of sp³-hybridized carbons (Fsp3) is 0.929. The van der Waals surface area contributed by atoms with Gasteiger partial charge in [0.2, 0.25) is 5.91 Å². The topological polar surface area (TPSA) is 43.8 Å². The van der Waals surface area contributed by atoms with Gasteiger partial charge in [-0.15, -0.1) is 0 Å². The molecule has 0 spiro atoms. The molecule has 0 radical (unpaired) electrons. The third kappa shape index (κ3) is 5.36. The number of nitrogens with zero attached hydrogens (tertiary/aromatic N) is 2. The molecule has 0 bridgehead atoms. The zero-order chi connectivity index (χ0) is 13.4. The Kier molecular flexibility index (Phi) is 7.28. The van der Waals surface area contributed by atoms with Gasteiger partial charge in [0.1, 0.15) is 0 Å². The normalized spacial score (nSPS) is 17.1. The molecular weight excluding hydrogens is 228 g/mol. The molecule has 1 rings (SSSR count). The Labute approximate surface area is 111 Å². The zero-order valence-electron chi connectivity index (χ0n) is 11.9. The van der Waals surface area contributed by atoms with Crippen LogP contribution in [0.15, 0.2) is 0 Å². The van der Waals surface area contributed by atoms with Gasteiger partial charge in [0.25, 0.3) is 0 Å². The van der Waals surface area contributed by atoms with Crippen molar-refractivity contribution >= 4 is 5.91 Å². The van der Waals surface area contributed by atoms with Gasteiger partial charge in [0.15, 0.2) is 0 Å². The molecule has 0 saturated heterocycles. The highest BCUT2D eigenvalue weighted by Gasteiger charge is 2.19. The summed E-state index contributed by atoms with van der Waals surface area (Å²) in [5, 5.41) is 8.91. The van der Waals surface area contributed by atoms with E-state index in [2.05, 4.69) is 0 Å². The lowest BCUT2D eigenvalue weighted by atomic mass is 9.89. The highest BCUT2D eigenvalue weighted by molar-refractivity contribution is 5.78. The average Bonchev–Trinajstić information content (AvgIpc) is 2.39. The van der Waals surface area contributed by atoms with E-state index in [0.717, 1.165) is 13.1 Å². The summed E-state index contributed by atoms with van der Waals surface area (Å²) in [6, 6.07) is 0. The van der Waals surface area contributed by atoms with E-state index in [9.17, 15) is 4.79 Å². The van der Waals surface area contributed by atoms with Gasteiger partial charge in [-0.05, 0) is 25.3 Å². The first-order valence-electron chi connectivity index (χ1n) is 7.24. The average molecular weight is 256 g/mol. The van der Waals surface area contributed by atoms with E-state index in [1.54, 1.807) is 0 Å². The minimum Gasteiger partial charge on any atom is -0.395 e. The minimum absolute atomic E-state index is 0.119. The molecule has 0 aromatic rings. The first-order valence-corrected chi connectivity index (χ1v) is 7.24. The van der Waals surface area contributed by atoms with Crippen LogP contribution in [0.4, 0.5) is 0 Å². The lowest BCUT2D eigenvalue weighted by Gasteiger charge is -2.28. The number of rotatable bonds is 7. The van der Waals surface area contributed by atoms with E-state index < -0.39 is 0 Å². The monoisotopic (exact) mass is 256 g/mol. The molecule has 18 heavy (non-hydrogen) atoms. The first-order chi connectivity index (χ1) is 8.67. The van der Waals surface area contributed by atoms with Gasteiger partial charge >= 0.3 is 0 Å². The van der Waals surface area contributed by atoms with Crippen molar-refractivity contribution in [1.29, 1.82) is 0 Å². The number of hydrogen-bond acceptors (Lipinski definition) is 3. The second-order valence-electron chi connectivity index (χ2n) is 5.37. The molecule has 1 amide bonds. The van der Waals surface area contributed by atoms with Crippen molar-refractivity contribution in [2.75, 3.05) is 39.8 Å². The summed E-state index contributed by atoms with van der Waals surface area (Å²) in [6.45, 7) is 4.86. The van der Waals surface area contributed by atoms with Crippen molar-refractivity contribution < 1.29 is 9.90 Å². The fourth-order valence-electron chi connectivity index (χ4n) is 2.66. The molecule has 0 aromatic carbocycles. The standard InChI is InChI=1S/C14H28N2O2/c1-3-16(9-10-17)12-14(18)15(2)11-13-7-5-4-6-8-13/h13,17H,3-12H2,1-2H3. The van der Waals surface area contributed by atoms with Gasteiger partial charge in [-0.25, -0.2) is 0 Å². The second kappa shape index (κ2) is 8.48. The molecule has 1 fully saturated rings. The van der Waals surface area contributed by atoms with Gasteiger partial charge in [-0.2, -0.15) is 0 Å². The number of aliphatic hydroxyl groups excluding tert-OH is 1. The Morgan fingerprint density at radius 3 is 2.50 bits per heavy atom. The van der Waals surface area contributed by atoms with Crippen LogP contribution in [-0.4, -0.2) is 60.6 Å². The maximum Gasteiger partial charge on any atom is 0.236 e. The van der Waals surface area contributed by atoms with Crippen molar-refractivity contribution in [2.24, 2.45) is 5.92 Å². The van der Waals surface area contributed by atoms with Crippen LogP contribution in [-0.2, 0) is 4.79 Å². The van der Waals surface area contributed by atoms with E-state index >= 15 is 0 Å². The molecule has 1 N–H and O–H groups in total. The second-order valence-corrected chi connectivity index (χ2v) is 5.37. The maximum absolute atomic E-state index is 12.1. The highest BCUT2D eigenvalue weighted by atomic mass is 16.3. The molecule has 106 valence electrons. The minimum atomic E-state index is 0.119. The summed E-state index contributed by atoms with van der Waals surface area (Å²) < 4.78 is 0. The van der Waals surface area contributed by atoms with Crippen LogP contribution in [0.5, 0.6) is 0 Å². The van der Waals surface area contributed by atoms with Crippen LogP contribution in [0.25, 0.3) is 0 Å². The van der Waals surface area contributed by atoms with Crippen molar-refractivity contribution in [1.82, 2.24) is 9.80 Å². The number of likely N-dealkylation sites (N-methyl/N-ethyl adjacent to an activating group) is 2. The van der Waals surface area contributed by atoms with Crippen molar-refractivity contribution in [2.45, 2.75) is 39.0 Å². The van der Waals surface area contributed by atoms with E-state index in [-0.39, 0.29) is 12.5 Å². The molecule has 0 unspecified atom stereocenters. The highest BCUT2D eigenvalue weighted by Crippen LogP contribution is 2.24. The summed E-state index contributed by atoms with van der Waals surface area (Å²) in [5.74, 6) is 0.872. The fourth-order valence-corrected chi connectivity index (χ4v) is 2.66. The van der Waals surface area contributed by atoms with Crippen molar-refractivity contribution in [3.8, 4) is 0 Å².